The van der Waals surface area contributed by atoms with Crippen molar-refractivity contribution in [2.45, 2.75) is 6.04 Å². The van der Waals surface area contributed by atoms with Crippen LogP contribution in [0.5, 0.6) is 5.88 Å². The third-order valence-corrected chi connectivity index (χ3v) is 4.19. The van der Waals surface area contributed by atoms with Gasteiger partial charge in [0.25, 0.3) is 0 Å². The van der Waals surface area contributed by atoms with Crippen molar-refractivity contribution < 1.29 is 18.7 Å². The number of benzene rings is 1. The lowest BCUT2D eigenvalue weighted by Gasteiger charge is -2.09. The Morgan fingerprint density at radius 1 is 1.27 bits per heavy atom. The van der Waals surface area contributed by atoms with Crippen LogP contribution < -0.4 is 10.1 Å². The van der Waals surface area contributed by atoms with Crippen molar-refractivity contribution in [3.05, 3.63) is 48.7 Å². The summed E-state index contributed by atoms with van der Waals surface area (Å²) in [5.41, 5.74) is 2.23. The van der Waals surface area contributed by atoms with Gasteiger partial charge in [-0.3, -0.25) is 0 Å². The highest BCUT2D eigenvalue weighted by molar-refractivity contribution is 5.82. The number of imidazole rings is 1. The number of hydrogen-bond acceptors (Lipinski definition) is 6. The number of rotatable bonds is 4. The average Bonchev–Trinajstić information content (AvgIpc) is 3.36. The molecular weight excluding hydrogens is 336 g/mol. The number of hydrogen-bond donors (Lipinski definition) is 1. The number of fused-ring (bicyclic) bond motifs is 2. The van der Waals surface area contributed by atoms with E-state index in [1.54, 1.807) is 16.8 Å². The predicted molar refractivity (Wildman–Crippen MR) is 92.0 cm³/mol. The van der Waals surface area contributed by atoms with E-state index in [4.69, 9.17) is 13.9 Å². The summed E-state index contributed by atoms with van der Waals surface area (Å²) in [6.45, 7) is 0.565. The Bertz CT molecular complexity index is 1080. The summed E-state index contributed by atoms with van der Waals surface area (Å²) >= 11 is 0. The molecule has 4 heterocycles. The van der Waals surface area contributed by atoms with E-state index in [0.29, 0.717) is 17.3 Å². The van der Waals surface area contributed by atoms with E-state index in [1.165, 1.54) is 0 Å². The van der Waals surface area contributed by atoms with Crippen LogP contribution in [0.25, 0.3) is 28.1 Å². The molecule has 1 aliphatic heterocycles. The minimum atomic E-state index is -0.427. The Labute approximate surface area is 147 Å². The second-order valence-electron chi connectivity index (χ2n) is 5.98. The molecule has 8 nitrogen and oxygen atoms in total. The molecule has 130 valence electrons. The van der Waals surface area contributed by atoms with Crippen LogP contribution in [0.4, 0.5) is 4.79 Å². The Kier molecular flexibility index (Phi) is 3.27. The summed E-state index contributed by atoms with van der Waals surface area (Å²) in [4.78, 5) is 15.4. The van der Waals surface area contributed by atoms with Crippen LogP contribution in [0.2, 0.25) is 0 Å². The van der Waals surface area contributed by atoms with E-state index >= 15 is 0 Å². The molecule has 8 heteroatoms. The molecule has 1 amide bonds. The molecule has 1 aliphatic rings. The van der Waals surface area contributed by atoms with Crippen molar-refractivity contribution >= 4 is 22.7 Å². The van der Waals surface area contributed by atoms with Crippen molar-refractivity contribution in [2.75, 3.05) is 13.2 Å². The maximum Gasteiger partial charge on any atom is 0.407 e. The number of nitrogens with zero attached hydrogens (tertiary/aromatic N) is 3. The zero-order valence-electron chi connectivity index (χ0n) is 13.6. The molecule has 5 rings (SSSR count). The first-order valence-electron chi connectivity index (χ1n) is 8.16. The van der Waals surface area contributed by atoms with Crippen LogP contribution in [0.15, 0.2) is 53.1 Å². The average molecular weight is 350 g/mol. The lowest BCUT2D eigenvalue weighted by molar-refractivity contribution is 0.174. The van der Waals surface area contributed by atoms with Crippen LogP contribution >= 0.6 is 0 Å². The van der Waals surface area contributed by atoms with Gasteiger partial charge in [-0.1, -0.05) is 18.2 Å². The van der Waals surface area contributed by atoms with Gasteiger partial charge in [-0.05, 0) is 18.2 Å². The van der Waals surface area contributed by atoms with Crippen LogP contribution in [0.1, 0.15) is 0 Å². The SMILES string of the molecule is O=C1NC(COc2ccc3ncc(-c4cc5ccccc5o4)n3n2)CO1. The van der Waals surface area contributed by atoms with Gasteiger partial charge in [0.1, 0.15) is 30.5 Å². The number of carbonyl (C=O) groups is 1. The quantitative estimate of drug-likeness (QED) is 0.608. The Morgan fingerprint density at radius 3 is 3.04 bits per heavy atom. The van der Waals surface area contributed by atoms with E-state index in [0.717, 1.165) is 16.7 Å². The van der Waals surface area contributed by atoms with Crippen molar-refractivity contribution in [1.82, 2.24) is 19.9 Å². The maximum atomic E-state index is 11.1. The van der Waals surface area contributed by atoms with E-state index < -0.39 is 6.09 Å². The molecule has 1 N–H and O–H groups in total. The number of furan rings is 1. The van der Waals surface area contributed by atoms with E-state index in [2.05, 4.69) is 15.4 Å². The van der Waals surface area contributed by atoms with E-state index in [-0.39, 0.29) is 19.3 Å². The maximum absolute atomic E-state index is 11.1. The number of ether oxygens (including phenoxy) is 2. The summed E-state index contributed by atoms with van der Waals surface area (Å²) in [5.74, 6) is 1.11. The highest BCUT2D eigenvalue weighted by Gasteiger charge is 2.23. The Morgan fingerprint density at radius 2 is 2.19 bits per heavy atom. The largest absolute Gasteiger partial charge is 0.474 e. The molecule has 0 radical (unpaired) electrons. The highest BCUT2D eigenvalue weighted by atomic mass is 16.6. The fourth-order valence-corrected chi connectivity index (χ4v) is 2.91. The molecule has 1 unspecified atom stereocenters. The molecule has 4 aromatic rings. The monoisotopic (exact) mass is 350 g/mol. The summed E-state index contributed by atoms with van der Waals surface area (Å²) in [5, 5.41) is 8.16. The van der Waals surface area contributed by atoms with Crippen LogP contribution in [0, 0.1) is 0 Å². The van der Waals surface area contributed by atoms with Crippen molar-refractivity contribution in [3.8, 4) is 17.3 Å². The molecule has 1 atom stereocenters. The number of alkyl carbamates (subject to hydrolysis) is 1. The highest BCUT2D eigenvalue weighted by Crippen LogP contribution is 2.28. The van der Waals surface area contributed by atoms with Gasteiger partial charge < -0.3 is 19.2 Å². The molecule has 0 bridgehead atoms. The zero-order valence-corrected chi connectivity index (χ0v) is 13.6. The molecular formula is C18H14N4O4. The number of carbonyl (C=O) groups excluding carboxylic acids is 1. The third-order valence-electron chi connectivity index (χ3n) is 4.19. The fraction of sp³-hybridized carbons (Fsp3) is 0.167. The Hall–Kier alpha value is -3.55. The van der Waals surface area contributed by atoms with E-state index in [9.17, 15) is 4.79 Å². The summed E-state index contributed by atoms with van der Waals surface area (Å²) in [6, 6.07) is 13.1. The lowest BCUT2D eigenvalue weighted by atomic mass is 10.2. The molecule has 0 spiro atoms. The van der Waals surface area contributed by atoms with Gasteiger partial charge in [-0.15, -0.1) is 5.10 Å². The number of amides is 1. The van der Waals surface area contributed by atoms with Gasteiger partial charge in [0.15, 0.2) is 11.4 Å². The second kappa shape index (κ2) is 5.76. The molecule has 1 saturated heterocycles. The summed E-state index contributed by atoms with van der Waals surface area (Å²) < 4.78 is 18.1. The van der Waals surface area contributed by atoms with Crippen molar-refractivity contribution in [1.29, 1.82) is 0 Å². The van der Waals surface area contributed by atoms with Crippen LogP contribution in [-0.2, 0) is 4.74 Å². The first-order chi connectivity index (χ1) is 12.8. The lowest BCUT2D eigenvalue weighted by Crippen LogP contribution is -2.32. The van der Waals surface area contributed by atoms with Gasteiger partial charge in [0.05, 0.1) is 6.20 Å². The van der Waals surface area contributed by atoms with Crippen molar-refractivity contribution in [2.24, 2.45) is 0 Å². The molecule has 0 aliphatic carbocycles. The molecule has 26 heavy (non-hydrogen) atoms. The standard InChI is InChI=1S/C18H14N4O4/c23-18-20-12(10-25-18)9-24-17-6-5-16-19-8-13(22(16)21-17)15-7-11-3-1-2-4-14(11)26-15/h1-8,12H,9-10H2,(H,20,23). The second-order valence-corrected chi connectivity index (χ2v) is 5.98. The Balaban J connectivity index is 1.46. The van der Waals surface area contributed by atoms with Gasteiger partial charge in [0.2, 0.25) is 5.88 Å². The molecule has 3 aromatic heterocycles. The van der Waals surface area contributed by atoms with Gasteiger partial charge >= 0.3 is 6.09 Å². The molecule has 0 saturated carbocycles. The minimum Gasteiger partial charge on any atom is -0.474 e. The summed E-state index contributed by atoms with van der Waals surface area (Å²) in [7, 11) is 0. The summed E-state index contributed by atoms with van der Waals surface area (Å²) in [6.07, 6.45) is 1.29. The molecule has 1 aromatic carbocycles. The number of cyclic esters (lactones) is 1. The third kappa shape index (κ3) is 2.52. The smallest absolute Gasteiger partial charge is 0.407 e. The minimum absolute atomic E-state index is 0.183. The van der Waals surface area contributed by atoms with Crippen molar-refractivity contribution in [3.63, 3.8) is 0 Å². The predicted octanol–water partition coefficient (Wildman–Crippen LogP) is 2.63. The molecule has 1 fully saturated rings. The zero-order chi connectivity index (χ0) is 17.5. The van der Waals surface area contributed by atoms with Crippen LogP contribution in [-0.4, -0.2) is 39.9 Å². The number of nitrogens with one attached hydrogen (secondary N) is 1. The fourth-order valence-electron chi connectivity index (χ4n) is 2.91. The first-order valence-corrected chi connectivity index (χ1v) is 8.16. The van der Waals surface area contributed by atoms with Gasteiger partial charge in [0, 0.05) is 11.5 Å². The topological polar surface area (TPSA) is 90.9 Å². The number of para-hydroxylation sites is 1. The van der Waals surface area contributed by atoms with E-state index in [1.807, 2.05) is 36.4 Å². The normalized spacial score (nSPS) is 16.8. The van der Waals surface area contributed by atoms with Gasteiger partial charge in [-0.25, -0.2) is 14.3 Å². The van der Waals surface area contributed by atoms with Gasteiger partial charge in [-0.2, -0.15) is 0 Å². The first kappa shape index (κ1) is 14.8. The van der Waals surface area contributed by atoms with Crippen LogP contribution in [0.3, 0.4) is 0 Å². The number of aromatic nitrogens is 3.